The van der Waals surface area contributed by atoms with Crippen LogP contribution in [0.5, 0.6) is 0 Å². The molecule has 0 unspecified atom stereocenters. The number of quaternary nitrogens is 1. The molecule has 0 saturated heterocycles. The van der Waals surface area contributed by atoms with Crippen molar-refractivity contribution in [2.24, 2.45) is 5.90 Å². The van der Waals surface area contributed by atoms with Gasteiger partial charge in [0.15, 0.2) is 0 Å². The summed E-state index contributed by atoms with van der Waals surface area (Å²) < 4.78 is 0.844. The van der Waals surface area contributed by atoms with Crippen LogP contribution in [0.1, 0.15) is 0 Å². The zero-order chi connectivity index (χ0) is 7.91. The molecule has 0 spiro atoms. The van der Waals surface area contributed by atoms with Gasteiger partial charge in [0.05, 0.1) is 27.7 Å². The molecule has 0 aromatic heterocycles. The fourth-order valence-electron chi connectivity index (χ4n) is 0.300. The molecule has 58 valence electrons. The van der Waals surface area contributed by atoms with E-state index in [4.69, 9.17) is 10.3 Å². The highest BCUT2D eigenvalue weighted by Gasteiger charge is 2.02. The predicted octanol–water partition coefficient (Wildman–Crippen LogP) is -0.981. The molecule has 0 aliphatic rings. The molecule has 0 saturated carbocycles. The summed E-state index contributed by atoms with van der Waals surface area (Å²) in [7, 11) is 6.16. The standard InChI is InChI=1S/C5H14NO.H3NO/c1-6(2,3)4-5-7;1-2/h7H,4-5H2,1-3H3;2H,1H2/q+1;. The highest BCUT2D eigenvalue weighted by Crippen LogP contribution is 1.84. The van der Waals surface area contributed by atoms with Crippen LogP contribution in [0.3, 0.4) is 0 Å². The minimum Gasteiger partial charge on any atom is -0.391 e. The number of nitrogens with two attached hydrogens (primary N) is 1. The first-order chi connectivity index (χ1) is 4.06. The van der Waals surface area contributed by atoms with E-state index < -0.39 is 0 Å². The number of aliphatic hydroxyl groups excluding tert-OH is 1. The first-order valence-corrected chi connectivity index (χ1v) is 2.73. The summed E-state index contributed by atoms with van der Waals surface area (Å²) in [4.78, 5) is 0. The highest BCUT2D eigenvalue weighted by molar-refractivity contribution is 4.19. The van der Waals surface area contributed by atoms with Gasteiger partial charge in [-0.15, -0.1) is 0 Å². The van der Waals surface area contributed by atoms with Crippen LogP contribution >= 0.6 is 0 Å². The van der Waals surface area contributed by atoms with E-state index in [0.29, 0.717) is 0 Å². The van der Waals surface area contributed by atoms with Crippen LogP contribution in [0.4, 0.5) is 0 Å². The molecular formula is C5H17N2O2+. The van der Waals surface area contributed by atoms with Gasteiger partial charge in [0.1, 0.15) is 6.54 Å². The van der Waals surface area contributed by atoms with Gasteiger partial charge < -0.3 is 14.8 Å². The van der Waals surface area contributed by atoms with E-state index in [-0.39, 0.29) is 6.61 Å². The Morgan fingerprint density at radius 1 is 1.22 bits per heavy atom. The Bertz CT molecular complexity index is 51.4. The third kappa shape index (κ3) is 18.1. The number of rotatable bonds is 2. The zero-order valence-electron chi connectivity index (χ0n) is 6.33. The Morgan fingerprint density at radius 2 is 1.56 bits per heavy atom. The van der Waals surface area contributed by atoms with Crippen LogP contribution in [0, 0.1) is 0 Å². The maximum absolute atomic E-state index is 8.39. The summed E-state index contributed by atoms with van der Waals surface area (Å²) in [6, 6.07) is 0. The van der Waals surface area contributed by atoms with E-state index in [1.807, 2.05) is 0 Å². The lowest BCUT2D eigenvalue weighted by atomic mass is 10.5. The lowest BCUT2D eigenvalue weighted by Crippen LogP contribution is -2.36. The smallest absolute Gasteiger partial charge is 0.101 e. The lowest BCUT2D eigenvalue weighted by molar-refractivity contribution is -0.870. The van der Waals surface area contributed by atoms with Gasteiger partial charge in [-0.25, -0.2) is 5.90 Å². The Balaban J connectivity index is 0. The Hall–Kier alpha value is -0.160. The van der Waals surface area contributed by atoms with E-state index in [2.05, 4.69) is 27.0 Å². The van der Waals surface area contributed by atoms with Gasteiger partial charge in [0.25, 0.3) is 0 Å². The summed E-state index contributed by atoms with van der Waals surface area (Å²) in [6.07, 6.45) is 0. The summed E-state index contributed by atoms with van der Waals surface area (Å²) in [5.41, 5.74) is 0. The fraction of sp³-hybridized carbons (Fsp3) is 1.00. The van der Waals surface area contributed by atoms with E-state index in [1.165, 1.54) is 0 Å². The summed E-state index contributed by atoms with van der Waals surface area (Å²) in [5, 5.41) is 14.9. The van der Waals surface area contributed by atoms with Crippen molar-refractivity contribution in [3.05, 3.63) is 0 Å². The first kappa shape index (κ1) is 11.6. The number of nitrogens with zero attached hydrogens (tertiary/aromatic N) is 1. The molecule has 0 aromatic rings. The van der Waals surface area contributed by atoms with Gasteiger partial charge in [-0.05, 0) is 0 Å². The molecule has 0 amide bonds. The first-order valence-electron chi connectivity index (χ1n) is 2.73. The molecule has 0 fully saturated rings. The van der Waals surface area contributed by atoms with E-state index in [1.54, 1.807) is 0 Å². The van der Waals surface area contributed by atoms with E-state index in [0.717, 1.165) is 11.0 Å². The van der Waals surface area contributed by atoms with Crippen LogP contribution < -0.4 is 5.90 Å². The summed E-state index contributed by atoms with van der Waals surface area (Å²) in [6.45, 7) is 1.11. The average Bonchev–Trinajstić information content (AvgIpc) is 1.69. The molecule has 0 rings (SSSR count). The molecular weight excluding hydrogens is 120 g/mol. The normalized spacial score (nSPS) is 10.0. The summed E-state index contributed by atoms with van der Waals surface area (Å²) >= 11 is 0. The summed E-state index contributed by atoms with van der Waals surface area (Å²) in [5.74, 6) is 3.50. The molecule has 0 aliphatic carbocycles. The third-order valence-electron chi connectivity index (χ3n) is 0.771. The van der Waals surface area contributed by atoms with Crippen molar-refractivity contribution in [3.63, 3.8) is 0 Å². The van der Waals surface area contributed by atoms with Gasteiger partial charge in [-0.3, -0.25) is 0 Å². The van der Waals surface area contributed by atoms with Crippen LogP contribution in [-0.4, -0.2) is 49.1 Å². The van der Waals surface area contributed by atoms with Crippen LogP contribution in [0.25, 0.3) is 0 Å². The predicted molar refractivity (Wildman–Crippen MR) is 36.0 cm³/mol. The average molecular weight is 137 g/mol. The molecule has 0 bridgehead atoms. The minimum atomic E-state index is 0.281. The van der Waals surface area contributed by atoms with Crippen molar-refractivity contribution in [1.82, 2.24) is 0 Å². The molecule has 0 aromatic carbocycles. The number of aliphatic hydroxyl groups is 1. The Kier molecular flexibility index (Phi) is 7.70. The van der Waals surface area contributed by atoms with Gasteiger partial charge in [-0.1, -0.05) is 0 Å². The highest BCUT2D eigenvalue weighted by atomic mass is 16.4. The Morgan fingerprint density at radius 3 is 1.56 bits per heavy atom. The van der Waals surface area contributed by atoms with Gasteiger partial charge in [-0.2, -0.15) is 0 Å². The van der Waals surface area contributed by atoms with Crippen LogP contribution in [-0.2, 0) is 0 Å². The lowest BCUT2D eigenvalue weighted by Gasteiger charge is -2.21. The van der Waals surface area contributed by atoms with Crippen molar-refractivity contribution in [3.8, 4) is 0 Å². The maximum Gasteiger partial charge on any atom is 0.101 e. The molecule has 0 aliphatic heterocycles. The SMILES string of the molecule is C[N+](C)(C)CCO.NO. The minimum absolute atomic E-state index is 0.281. The van der Waals surface area contributed by atoms with Crippen LogP contribution in [0.15, 0.2) is 0 Å². The Labute approximate surface area is 56.1 Å². The topological polar surface area (TPSA) is 66.5 Å². The molecule has 9 heavy (non-hydrogen) atoms. The second kappa shape index (κ2) is 5.97. The molecule has 0 radical (unpaired) electrons. The van der Waals surface area contributed by atoms with Crippen LogP contribution in [0.2, 0.25) is 0 Å². The van der Waals surface area contributed by atoms with Gasteiger partial charge in [0, 0.05) is 0 Å². The fourth-order valence-corrected chi connectivity index (χ4v) is 0.300. The molecule has 0 atom stereocenters. The molecule has 4 nitrogen and oxygen atoms in total. The van der Waals surface area contributed by atoms with E-state index >= 15 is 0 Å². The second-order valence-corrected chi connectivity index (χ2v) is 2.74. The van der Waals surface area contributed by atoms with Crippen molar-refractivity contribution >= 4 is 0 Å². The molecule has 0 heterocycles. The molecule has 4 heteroatoms. The van der Waals surface area contributed by atoms with E-state index in [9.17, 15) is 0 Å². The van der Waals surface area contributed by atoms with Crippen molar-refractivity contribution in [1.29, 1.82) is 0 Å². The largest absolute Gasteiger partial charge is 0.391 e. The third-order valence-corrected chi connectivity index (χ3v) is 0.771. The maximum atomic E-state index is 8.39. The second-order valence-electron chi connectivity index (χ2n) is 2.74. The van der Waals surface area contributed by atoms with Gasteiger partial charge >= 0.3 is 0 Å². The van der Waals surface area contributed by atoms with Crippen molar-refractivity contribution in [2.75, 3.05) is 34.3 Å². The number of hydrogen-bond acceptors (Lipinski definition) is 3. The number of hydrogen-bond donors (Lipinski definition) is 3. The quantitative estimate of drug-likeness (QED) is 0.338. The van der Waals surface area contributed by atoms with Gasteiger partial charge in [0.2, 0.25) is 0 Å². The monoisotopic (exact) mass is 137 g/mol. The zero-order valence-corrected chi connectivity index (χ0v) is 6.33. The molecule has 4 N–H and O–H groups in total. The van der Waals surface area contributed by atoms with Crippen molar-refractivity contribution < 1.29 is 14.8 Å². The van der Waals surface area contributed by atoms with Crippen molar-refractivity contribution in [2.45, 2.75) is 0 Å². The number of likely N-dealkylation sites (N-methyl/N-ethyl adjacent to an activating group) is 1.